The summed E-state index contributed by atoms with van der Waals surface area (Å²) >= 11 is 7.37. The van der Waals surface area contributed by atoms with Gasteiger partial charge in [-0.3, -0.25) is 25.2 Å². The van der Waals surface area contributed by atoms with Gasteiger partial charge in [0.15, 0.2) is 0 Å². The summed E-state index contributed by atoms with van der Waals surface area (Å²) in [4.78, 5) is 37.6. The number of aryl methyl sites for hydroxylation is 2. The fraction of sp³-hybridized carbons (Fsp3) is 0.235. The summed E-state index contributed by atoms with van der Waals surface area (Å²) in [6, 6.07) is 8.41. The Morgan fingerprint density at radius 3 is 2.64 bits per heavy atom. The number of carbonyl (C=O) groups excluding carboxylic acids is 3. The molecule has 130 valence electrons. The van der Waals surface area contributed by atoms with Gasteiger partial charge in [0.2, 0.25) is 0 Å². The second-order valence-corrected chi connectivity index (χ2v) is 7.12. The maximum Gasteiger partial charge on any atom is 0.279 e. The van der Waals surface area contributed by atoms with E-state index in [1.807, 2.05) is 6.07 Å². The van der Waals surface area contributed by atoms with Crippen molar-refractivity contribution in [3.63, 3.8) is 0 Å². The summed E-state index contributed by atoms with van der Waals surface area (Å²) in [6.45, 7) is -0.273. The Bertz CT molecular complexity index is 813. The Labute approximate surface area is 153 Å². The Morgan fingerprint density at radius 2 is 1.88 bits per heavy atom. The fourth-order valence-corrected chi connectivity index (χ4v) is 3.94. The maximum absolute atomic E-state index is 12.0. The second-order valence-electron chi connectivity index (χ2n) is 5.58. The van der Waals surface area contributed by atoms with Crippen LogP contribution in [0.2, 0.25) is 5.02 Å². The third kappa shape index (κ3) is 4.18. The third-order valence-corrected chi connectivity index (χ3v) is 5.38. The molecule has 1 aliphatic carbocycles. The largest absolute Gasteiger partial charge is 0.343 e. The van der Waals surface area contributed by atoms with Crippen molar-refractivity contribution < 1.29 is 14.4 Å². The zero-order valence-electron chi connectivity index (χ0n) is 13.2. The van der Waals surface area contributed by atoms with Crippen LogP contribution in [0.25, 0.3) is 0 Å². The monoisotopic (exact) mass is 377 g/mol. The van der Waals surface area contributed by atoms with Crippen LogP contribution in [0.4, 0.5) is 0 Å². The van der Waals surface area contributed by atoms with Crippen molar-refractivity contribution in [1.82, 2.24) is 16.2 Å². The number of amides is 3. The van der Waals surface area contributed by atoms with Gasteiger partial charge in [0, 0.05) is 4.88 Å². The van der Waals surface area contributed by atoms with Crippen molar-refractivity contribution in [2.75, 3.05) is 6.54 Å². The molecule has 0 atom stereocenters. The Morgan fingerprint density at radius 1 is 1.08 bits per heavy atom. The quantitative estimate of drug-likeness (QED) is 0.713. The lowest BCUT2D eigenvalue weighted by Crippen LogP contribution is -2.46. The number of rotatable bonds is 4. The molecule has 0 saturated carbocycles. The minimum absolute atomic E-state index is 0.273. The summed E-state index contributed by atoms with van der Waals surface area (Å²) in [7, 11) is 0. The SMILES string of the molecule is O=C(CNC(=O)c1ccccc1Cl)NNC(=O)c1cc2c(s1)CCC2. The lowest BCUT2D eigenvalue weighted by atomic mass is 10.2. The van der Waals surface area contributed by atoms with Gasteiger partial charge < -0.3 is 5.32 Å². The van der Waals surface area contributed by atoms with E-state index in [4.69, 9.17) is 11.6 Å². The number of hydrazine groups is 1. The van der Waals surface area contributed by atoms with Crippen LogP contribution in [0, 0.1) is 0 Å². The van der Waals surface area contributed by atoms with E-state index in [-0.39, 0.29) is 18.0 Å². The Hall–Kier alpha value is -2.38. The average Bonchev–Trinajstić information content (AvgIpc) is 3.19. The molecule has 0 unspecified atom stereocenters. The predicted octanol–water partition coefficient (Wildman–Crippen LogP) is 2.08. The van der Waals surface area contributed by atoms with Gasteiger partial charge in [-0.15, -0.1) is 11.3 Å². The van der Waals surface area contributed by atoms with Gasteiger partial charge in [0.05, 0.1) is 22.0 Å². The van der Waals surface area contributed by atoms with Gasteiger partial charge in [-0.05, 0) is 43.0 Å². The van der Waals surface area contributed by atoms with Crippen LogP contribution in [0.1, 0.15) is 36.9 Å². The van der Waals surface area contributed by atoms with E-state index >= 15 is 0 Å². The highest BCUT2D eigenvalue weighted by atomic mass is 35.5. The lowest BCUT2D eigenvalue weighted by Gasteiger charge is -2.08. The van der Waals surface area contributed by atoms with Crippen LogP contribution in [-0.4, -0.2) is 24.3 Å². The molecule has 0 saturated heterocycles. The number of fused-ring (bicyclic) bond motifs is 1. The molecule has 0 aliphatic heterocycles. The molecule has 1 aliphatic rings. The normalized spacial score (nSPS) is 12.4. The fourth-order valence-electron chi connectivity index (χ4n) is 2.57. The van der Waals surface area contributed by atoms with Crippen molar-refractivity contribution >= 4 is 40.7 Å². The van der Waals surface area contributed by atoms with Crippen LogP contribution < -0.4 is 16.2 Å². The molecular formula is C17H16ClN3O3S. The molecule has 1 aromatic heterocycles. The van der Waals surface area contributed by atoms with Gasteiger partial charge >= 0.3 is 0 Å². The number of halogens is 1. The van der Waals surface area contributed by atoms with E-state index in [2.05, 4.69) is 16.2 Å². The van der Waals surface area contributed by atoms with Crippen molar-refractivity contribution in [2.24, 2.45) is 0 Å². The summed E-state index contributed by atoms with van der Waals surface area (Å²) in [5, 5.41) is 2.76. The van der Waals surface area contributed by atoms with Gasteiger partial charge in [-0.25, -0.2) is 0 Å². The Balaban J connectivity index is 1.45. The maximum atomic E-state index is 12.0. The van der Waals surface area contributed by atoms with Crippen LogP contribution >= 0.6 is 22.9 Å². The van der Waals surface area contributed by atoms with Gasteiger partial charge in [0.1, 0.15) is 0 Å². The second kappa shape index (κ2) is 7.67. The number of hydrogen-bond donors (Lipinski definition) is 3. The first kappa shape index (κ1) is 17.4. The first-order chi connectivity index (χ1) is 12.0. The first-order valence-corrected chi connectivity index (χ1v) is 8.97. The molecule has 3 rings (SSSR count). The summed E-state index contributed by atoms with van der Waals surface area (Å²) in [6.07, 6.45) is 3.14. The molecule has 8 heteroatoms. The van der Waals surface area contributed by atoms with E-state index < -0.39 is 11.8 Å². The number of thiophene rings is 1. The molecule has 3 N–H and O–H groups in total. The average molecular weight is 378 g/mol. The molecule has 0 fully saturated rings. The molecule has 0 radical (unpaired) electrons. The Kier molecular flexibility index (Phi) is 5.35. The highest BCUT2D eigenvalue weighted by Gasteiger charge is 2.19. The number of benzene rings is 1. The summed E-state index contributed by atoms with van der Waals surface area (Å²) < 4.78 is 0. The minimum Gasteiger partial charge on any atom is -0.343 e. The summed E-state index contributed by atoms with van der Waals surface area (Å²) in [5.41, 5.74) is 6.15. The van der Waals surface area contributed by atoms with Crippen LogP contribution in [0.5, 0.6) is 0 Å². The topological polar surface area (TPSA) is 87.3 Å². The zero-order chi connectivity index (χ0) is 17.8. The smallest absolute Gasteiger partial charge is 0.279 e. The lowest BCUT2D eigenvalue weighted by molar-refractivity contribution is -0.120. The van der Waals surface area contributed by atoms with E-state index in [1.165, 1.54) is 21.8 Å². The van der Waals surface area contributed by atoms with Gasteiger partial charge in [0.25, 0.3) is 17.7 Å². The van der Waals surface area contributed by atoms with Crippen LogP contribution in [0.3, 0.4) is 0 Å². The number of nitrogens with one attached hydrogen (secondary N) is 3. The van der Waals surface area contributed by atoms with E-state index in [0.29, 0.717) is 9.90 Å². The number of carbonyl (C=O) groups is 3. The van der Waals surface area contributed by atoms with E-state index in [0.717, 1.165) is 19.3 Å². The van der Waals surface area contributed by atoms with Crippen molar-refractivity contribution in [2.45, 2.75) is 19.3 Å². The van der Waals surface area contributed by atoms with Crippen molar-refractivity contribution in [3.05, 3.63) is 56.2 Å². The van der Waals surface area contributed by atoms with E-state index in [1.54, 1.807) is 24.3 Å². The molecule has 1 heterocycles. The van der Waals surface area contributed by atoms with Crippen LogP contribution in [0.15, 0.2) is 30.3 Å². The molecule has 0 spiro atoms. The first-order valence-electron chi connectivity index (χ1n) is 7.78. The summed E-state index contributed by atoms with van der Waals surface area (Å²) in [5.74, 6) is -1.34. The molecule has 1 aromatic carbocycles. The number of hydrogen-bond acceptors (Lipinski definition) is 4. The molecule has 2 aromatic rings. The molecular weight excluding hydrogens is 362 g/mol. The molecule has 25 heavy (non-hydrogen) atoms. The molecule has 0 bridgehead atoms. The highest BCUT2D eigenvalue weighted by molar-refractivity contribution is 7.14. The van der Waals surface area contributed by atoms with Crippen molar-refractivity contribution in [3.8, 4) is 0 Å². The van der Waals surface area contributed by atoms with Gasteiger partial charge in [-0.2, -0.15) is 0 Å². The molecule has 3 amide bonds. The van der Waals surface area contributed by atoms with E-state index in [9.17, 15) is 14.4 Å². The van der Waals surface area contributed by atoms with Crippen LogP contribution in [-0.2, 0) is 17.6 Å². The third-order valence-electron chi connectivity index (χ3n) is 3.81. The van der Waals surface area contributed by atoms with Gasteiger partial charge in [-0.1, -0.05) is 23.7 Å². The highest BCUT2D eigenvalue weighted by Crippen LogP contribution is 2.30. The zero-order valence-corrected chi connectivity index (χ0v) is 14.8. The predicted molar refractivity (Wildman–Crippen MR) is 95.7 cm³/mol. The van der Waals surface area contributed by atoms with Crippen molar-refractivity contribution in [1.29, 1.82) is 0 Å². The molecule has 6 nitrogen and oxygen atoms in total. The minimum atomic E-state index is -0.530. The standard InChI is InChI=1S/C17H16ClN3O3S/c18-12-6-2-1-5-11(12)16(23)19-9-15(22)20-21-17(24)14-8-10-4-3-7-13(10)25-14/h1-2,5-6,8H,3-4,7,9H2,(H,19,23)(H,20,22)(H,21,24).